The van der Waals surface area contributed by atoms with Crippen LogP contribution in [0.3, 0.4) is 0 Å². The monoisotopic (exact) mass is 1110 g/mol. The highest BCUT2D eigenvalue weighted by Gasteiger charge is 2.29. The van der Waals surface area contributed by atoms with Crippen molar-refractivity contribution in [1.29, 1.82) is 0 Å². The molecule has 0 aliphatic carbocycles. The zero-order valence-electron chi connectivity index (χ0n) is 51.2. The summed E-state index contributed by atoms with van der Waals surface area (Å²) in [6.07, 6.45) is 32.8. The summed E-state index contributed by atoms with van der Waals surface area (Å²) in [5, 5.41) is 25.0. The van der Waals surface area contributed by atoms with Gasteiger partial charge in [-0.05, 0) is 64.2 Å². The average molecular weight is 1110 g/mol. The predicted molar refractivity (Wildman–Crippen MR) is 310 cm³/mol. The van der Waals surface area contributed by atoms with Crippen molar-refractivity contribution in [1.82, 2.24) is 5.32 Å². The van der Waals surface area contributed by atoms with Gasteiger partial charge >= 0.3 is 29.8 Å². The first kappa shape index (κ1) is 74.7. The van der Waals surface area contributed by atoms with Crippen LogP contribution in [-0.4, -0.2) is 160 Å². The minimum atomic E-state index is -0.677. The number of aliphatic hydroxyl groups excluding tert-OH is 2. The van der Waals surface area contributed by atoms with Crippen molar-refractivity contribution in [3.63, 3.8) is 0 Å². The molecule has 0 spiro atoms. The lowest BCUT2D eigenvalue weighted by Gasteiger charge is -2.30. The molecule has 0 aliphatic rings. The number of unbranched alkanes of at least 4 members (excludes halogenated alkanes) is 25. The fourth-order valence-electron chi connectivity index (χ4n) is 9.61. The first-order chi connectivity index (χ1) is 37.3. The van der Waals surface area contributed by atoms with E-state index in [0.717, 1.165) is 180 Å². The Morgan fingerprint density at radius 2 is 0.744 bits per heavy atom. The molecule has 0 aliphatic heterocycles. The molecule has 0 heterocycles. The van der Waals surface area contributed by atoms with Crippen LogP contribution >= 0.6 is 0 Å². The second-order valence-electron chi connectivity index (χ2n) is 23.6. The van der Waals surface area contributed by atoms with E-state index in [9.17, 15) is 39.0 Å². The molecule has 0 fully saturated rings. The molecule has 0 saturated carbocycles. The number of nitrogens with one attached hydrogen (secondary N) is 1. The number of nitrogens with zero attached hydrogens (tertiary/aromatic N) is 2. The van der Waals surface area contributed by atoms with Gasteiger partial charge in [0, 0.05) is 33.2 Å². The first-order valence-corrected chi connectivity index (χ1v) is 31.4. The quantitative estimate of drug-likeness (QED) is 0.0225. The van der Waals surface area contributed by atoms with Crippen molar-refractivity contribution in [2.45, 2.75) is 283 Å². The minimum Gasteiger partial charge on any atom is -0.466 e. The van der Waals surface area contributed by atoms with Crippen LogP contribution in [0.5, 0.6) is 0 Å². The van der Waals surface area contributed by atoms with Gasteiger partial charge in [0.25, 0.3) is 0 Å². The van der Waals surface area contributed by atoms with Crippen molar-refractivity contribution in [3.05, 3.63) is 0 Å². The van der Waals surface area contributed by atoms with E-state index in [1.165, 1.54) is 33.1 Å². The largest absolute Gasteiger partial charge is 0.466 e. The molecule has 4 unspecified atom stereocenters. The zero-order valence-corrected chi connectivity index (χ0v) is 51.2. The van der Waals surface area contributed by atoms with E-state index in [0.29, 0.717) is 67.2 Å². The summed E-state index contributed by atoms with van der Waals surface area (Å²) < 4.78 is 27.9. The number of amides is 1. The topological polar surface area (TPSA) is 201 Å². The van der Waals surface area contributed by atoms with Gasteiger partial charge in [-0.1, -0.05) is 168 Å². The number of rotatable bonds is 55. The number of carbonyl (C=O) groups excluding carboxylic acids is 6. The molecule has 4 atom stereocenters. The molecule has 16 nitrogen and oxygen atoms in total. The van der Waals surface area contributed by atoms with Gasteiger partial charge in [0.15, 0.2) is 13.1 Å². The minimum absolute atomic E-state index is 0.0894. The summed E-state index contributed by atoms with van der Waals surface area (Å²) in [5.74, 6) is -1.29. The third-order valence-corrected chi connectivity index (χ3v) is 14.7. The van der Waals surface area contributed by atoms with Crippen LogP contribution in [0.2, 0.25) is 0 Å². The molecule has 0 saturated heterocycles. The van der Waals surface area contributed by atoms with Crippen LogP contribution in [0.25, 0.3) is 0 Å². The predicted octanol–water partition coefficient (Wildman–Crippen LogP) is 11.6. The van der Waals surface area contributed by atoms with E-state index in [1.807, 2.05) is 28.2 Å². The van der Waals surface area contributed by atoms with Crippen LogP contribution in [0.1, 0.15) is 259 Å². The Morgan fingerprint density at radius 1 is 0.397 bits per heavy atom. The average Bonchev–Trinajstić information content (AvgIpc) is 3.36. The standard InChI is InChI=1S/C62H118N3O13/c1-9-11-31-41-57(77-61(72)51-64(5,6)46-49-74-53(3)66)55(68)39-33-25-19-13-15-21-27-35-43-59(70)63-45-37-29-23-17-18-24-30-38-48-76-60(71)44-36-28-22-16-14-20-26-34-40-56(69)58(42-32-12-10-2)78-62(73)52-65(7,8)47-50-75-54(4)67/h55-58,68-69H,9-52H2,1-8H3/q+1/p+1. The number of carbonyl (C=O) groups is 6. The summed E-state index contributed by atoms with van der Waals surface area (Å²) in [6, 6.07) is 0. The van der Waals surface area contributed by atoms with Gasteiger partial charge in [-0.3, -0.25) is 19.2 Å². The lowest BCUT2D eigenvalue weighted by molar-refractivity contribution is -0.883. The van der Waals surface area contributed by atoms with Gasteiger partial charge in [-0.25, -0.2) is 9.59 Å². The van der Waals surface area contributed by atoms with Crippen LogP contribution in [0, 0.1) is 0 Å². The SMILES string of the molecule is CCCCCC(OC(=O)C[N+](C)(C)CCOC(C)=O)C(O)CCCCCCCCCCC(=O)NCCCCCCCCCCOC(=O)CCCCCCCCCCC(O)C(CCCCC)OC(=O)C[N+](C)(C)CCOC(C)=O. The van der Waals surface area contributed by atoms with Gasteiger partial charge in [-0.15, -0.1) is 0 Å². The number of hydrogen-bond acceptors (Lipinski definition) is 13. The molecular weight excluding hydrogens is 995 g/mol. The second kappa shape index (κ2) is 49.5. The molecule has 1 amide bonds. The van der Waals surface area contributed by atoms with Gasteiger partial charge in [0.05, 0.1) is 47.0 Å². The summed E-state index contributed by atoms with van der Waals surface area (Å²) >= 11 is 0. The third kappa shape index (κ3) is 48.6. The van der Waals surface area contributed by atoms with E-state index in [-0.39, 0.29) is 62.1 Å². The maximum atomic E-state index is 12.8. The highest BCUT2D eigenvalue weighted by molar-refractivity contribution is 5.75. The number of aliphatic hydroxyl groups is 2. The first-order valence-electron chi connectivity index (χ1n) is 31.4. The highest BCUT2D eigenvalue weighted by atomic mass is 16.6. The summed E-state index contributed by atoms with van der Waals surface area (Å²) in [5.41, 5.74) is 0. The molecule has 458 valence electrons. The Balaban J connectivity index is 3.82. The van der Waals surface area contributed by atoms with E-state index in [4.69, 9.17) is 23.7 Å². The van der Waals surface area contributed by atoms with Crippen molar-refractivity contribution < 1.29 is 71.6 Å². The van der Waals surface area contributed by atoms with Crippen LogP contribution in [0.4, 0.5) is 0 Å². The molecule has 3 N–H and O–H groups in total. The van der Waals surface area contributed by atoms with Crippen molar-refractivity contribution in [3.8, 4) is 0 Å². The smallest absolute Gasteiger partial charge is 0.362 e. The number of esters is 5. The Labute approximate surface area is 475 Å². The van der Waals surface area contributed by atoms with Crippen molar-refractivity contribution in [2.24, 2.45) is 0 Å². The van der Waals surface area contributed by atoms with Gasteiger partial charge in [-0.2, -0.15) is 0 Å². The fraction of sp³-hybridized carbons (Fsp3) is 0.903. The van der Waals surface area contributed by atoms with Crippen LogP contribution < -0.4 is 5.32 Å². The molecular formula is C62H119N3O13+2. The van der Waals surface area contributed by atoms with Crippen LogP contribution in [0.15, 0.2) is 0 Å². The molecule has 0 rings (SSSR count). The highest BCUT2D eigenvalue weighted by Crippen LogP contribution is 2.21. The van der Waals surface area contributed by atoms with Gasteiger partial charge in [0.2, 0.25) is 5.91 Å². The number of quaternary nitrogens is 2. The maximum Gasteiger partial charge on any atom is 0.362 e. The molecule has 0 radical (unpaired) electrons. The normalized spacial score (nSPS) is 13.3. The van der Waals surface area contributed by atoms with E-state index in [1.54, 1.807) is 0 Å². The molecule has 0 bridgehead atoms. The number of ether oxygens (including phenoxy) is 5. The second-order valence-corrected chi connectivity index (χ2v) is 23.6. The van der Waals surface area contributed by atoms with Crippen LogP contribution in [-0.2, 0) is 52.5 Å². The van der Waals surface area contributed by atoms with E-state index in [2.05, 4.69) is 19.2 Å². The molecule has 0 aromatic carbocycles. The van der Waals surface area contributed by atoms with Crippen molar-refractivity contribution in [2.75, 3.05) is 80.7 Å². The number of likely N-dealkylation sites (N-methyl/N-ethyl adjacent to an activating group) is 2. The Hall–Kier alpha value is -3.34. The molecule has 0 aromatic rings. The van der Waals surface area contributed by atoms with E-state index < -0.39 is 24.4 Å². The molecule has 78 heavy (non-hydrogen) atoms. The zero-order chi connectivity index (χ0) is 58.1. The Kier molecular flexibility index (Phi) is 47.4. The molecule has 16 heteroatoms. The maximum absolute atomic E-state index is 12.8. The molecule has 0 aromatic heterocycles. The summed E-state index contributed by atoms with van der Waals surface area (Å²) in [7, 11) is 7.59. The van der Waals surface area contributed by atoms with Gasteiger partial charge in [0.1, 0.15) is 38.5 Å². The Bertz CT molecular complexity index is 1420. The summed E-state index contributed by atoms with van der Waals surface area (Å²) in [4.78, 5) is 72.4. The fourth-order valence-corrected chi connectivity index (χ4v) is 9.61. The van der Waals surface area contributed by atoms with Crippen molar-refractivity contribution >= 4 is 35.8 Å². The lowest BCUT2D eigenvalue weighted by Crippen LogP contribution is -2.47. The third-order valence-electron chi connectivity index (χ3n) is 14.7. The summed E-state index contributed by atoms with van der Waals surface area (Å²) in [6.45, 7) is 10.0. The van der Waals surface area contributed by atoms with E-state index >= 15 is 0 Å². The van der Waals surface area contributed by atoms with Gasteiger partial charge < -0.3 is 48.2 Å². The number of hydrogen-bond donors (Lipinski definition) is 3. The lowest BCUT2D eigenvalue weighted by atomic mass is 10.00. The Morgan fingerprint density at radius 3 is 1.14 bits per heavy atom.